The van der Waals surface area contributed by atoms with E-state index in [0.29, 0.717) is 5.41 Å². The zero-order valence-electron chi connectivity index (χ0n) is 16.5. The van der Waals surface area contributed by atoms with E-state index in [1.165, 1.54) is 51.7 Å². The first kappa shape index (κ1) is 23.0. The lowest BCUT2D eigenvalue weighted by Gasteiger charge is -2.41. The summed E-state index contributed by atoms with van der Waals surface area (Å²) in [6.45, 7) is 11.8. The molecule has 0 bridgehead atoms. The second-order valence-corrected chi connectivity index (χ2v) is 7.57. The highest BCUT2D eigenvalue weighted by Gasteiger charge is 2.36. The van der Waals surface area contributed by atoms with E-state index < -0.39 is 0 Å². The van der Waals surface area contributed by atoms with Crippen LogP contribution in [0, 0.1) is 11.3 Å². The summed E-state index contributed by atoms with van der Waals surface area (Å²) < 4.78 is 5.29. The van der Waals surface area contributed by atoms with E-state index in [9.17, 15) is 0 Å². The van der Waals surface area contributed by atoms with Crippen LogP contribution in [-0.2, 0) is 4.74 Å². The van der Waals surface area contributed by atoms with E-state index in [1.807, 2.05) is 0 Å². The average Bonchev–Trinajstić information content (AvgIpc) is 2.58. The van der Waals surface area contributed by atoms with Gasteiger partial charge in [0.05, 0.1) is 0 Å². The molecule has 1 saturated heterocycles. The van der Waals surface area contributed by atoms with Crippen LogP contribution in [0.1, 0.15) is 52.4 Å². The lowest BCUT2D eigenvalue weighted by molar-refractivity contribution is 0.0778. The SMILES string of the molecule is CCNC(=NCC1(CCOC)CCC1)NCC1CCCN(CC)C1.I. The fourth-order valence-corrected chi connectivity index (χ4v) is 3.92. The Morgan fingerprint density at radius 2 is 2.04 bits per heavy atom. The number of hydrogen-bond donors (Lipinski definition) is 2. The molecule has 2 aliphatic rings. The molecule has 0 amide bonds. The van der Waals surface area contributed by atoms with Gasteiger partial charge in [-0.15, -0.1) is 24.0 Å². The van der Waals surface area contributed by atoms with Crippen molar-refractivity contribution >= 4 is 29.9 Å². The van der Waals surface area contributed by atoms with Crippen molar-refractivity contribution in [2.75, 3.05) is 53.0 Å². The van der Waals surface area contributed by atoms with Crippen molar-refractivity contribution in [3.05, 3.63) is 0 Å². The second kappa shape index (κ2) is 12.3. The molecule has 0 aromatic heterocycles. The maximum Gasteiger partial charge on any atom is 0.191 e. The lowest BCUT2D eigenvalue weighted by atomic mass is 9.67. The van der Waals surface area contributed by atoms with Gasteiger partial charge in [-0.2, -0.15) is 0 Å². The van der Waals surface area contributed by atoms with Gasteiger partial charge >= 0.3 is 0 Å². The smallest absolute Gasteiger partial charge is 0.191 e. The van der Waals surface area contributed by atoms with Crippen LogP contribution in [0.25, 0.3) is 0 Å². The monoisotopic (exact) mass is 466 g/mol. The number of aliphatic imine (C=N–C) groups is 1. The third-order valence-corrected chi connectivity index (χ3v) is 5.78. The maximum atomic E-state index is 5.29. The Bertz CT molecular complexity index is 388. The van der Waals surface area contributed by atoms with E-state index >= 15 is 0 Å². The molecule has 1 atom stereocenters. The van der Waals surface area contributed by atoms with Gasteiger partial charge in [0.25, 0.3) is 0 Å². The highest BCUT2D eigenvalue weighted by Crippen LogP contribution is 2.44. The lowest BCUT2D eigenvalue weighted by Crippen LogP contribution is -2.45. The standard InChI is InChI=1S/C19H38N4O.HI/c1-4-20-18(21-14-17-8-6-12-23(5-2)15-17)22-16-19(9-7-10-19)11-13-24-3;/h17H,4-16H2,1-3H3,(H2,20,21,22);1H. The number of rotatable bonds is 9. The van der Waals surface area contributed by atoms with Crippen LogP contribution in [-0.4, -0.2) is 63.8 Å². The Morgan fingerprint density at radius 1 is 1.24 bits per heavy atom. The minimum Gasteiger partial charge on any atom is -0.385 e. The van der Waals surface area contributed by atoms with E-state index in [-0.39, 0.29) is 24.0 Å². The van der Waals surface area contributed by atoms with Gasteiger partial charge in [0.1, 0.15) is 0 Å². The normalized spacial score (nSPS) is 23.5. The van der Waals surface area contributed by atoms with Gasteiger partial charge in [-0.1, -0.05) is 13.3 Å². The van der Waals surface area contributed by atoms with Gasteiger partial charge in [-0.05, 0) is 63.5 Å². The van der Waals surface area contributed by atoms with Gasteiger partial charge in [0.2, 0.25) is 0 Å². The molecule has 1 saturated carbocycles. The number of likely N-dealkylation sites (tertiary alicyclic amines) is 1. The number of ether oxygens (including phenoxy) is 1. The first-order valence-corrected chi connectivity index (χ1v) is 9.95. The van der Waals surface area contributed by atoms with Crippen molar-refractivity contribution in [3.63, 3.8) is 0 Å². The summed E-state index contributed by atoms with van der Waals surface area (Å²) in [5, 5.41) is 7.01. The largest absolute Gasteiger partial charge is 0.385 e. The minimum atomic E-state index is 0. The number of piperidine rings is 1. The summed E-state index contributed by atoms with van der Waals surface area (Å²) in [6.07, 6.45) is 7.74. The fourth-order valence-electron chi connectivity index (χ4n) is 3.92. The number of hydrogen-bond acceptors (Lipinski definition) is 3. The van der Waals surface area contributed by atoms with Crippen molar-refractivity contribution in [2.24, 2.45) is 16.3 Å². The average molecular weight is 466 g/mol. The molecule has 1 aliphatic heterocycles. The van der Waals surface area contributed by atoms with Crippen LogP contribution >= 0.6 is 24.0 Å². The van der Waals surface area contributed by atoms with Gasteiger partial charge in [0.15, 0.2) is 5.96 Å². The Kier molecular flexibility index (Phi) is 11.3. The second-order valence-electron chi connectivity index (χ2n) is 7.57. The van der Waals surface area contributed by atoms with Crippen molar-refractivity contribution in [3.8, 4) is 0 Å². The molecule has 0 aromatic carbocycles. The molecular formula is C19H39IN4O. The summed E-state index contributed by atoms with van der Waals surface area (Å²) in [7, 11) is 1.80. The first-order valence-electron chi connectivity index (χ1n) is 9.95. The van der Waals surface area contributed by atoms with Crippen molar-refractivity contribution in [1.29, 1.82) is 0 Å². The van der Waals surface area contributed by atoms with E-state index in [2.05, 4.69) is 29.4 Å². The number of nitrogens with zero attached hydrogens (tertiary/aromatic N) is 2. The summed E-state index contributed by atoms with van der Waals surface area (Å²) in [5.74, 6) is 1.74. The summed E-state index contributed by atoms with van der Waals surface area (Å²) in [4.78, 5) is 7.47. The maximum absolute atomic E-state index is 5.29. The van der Waals surface area contributed by atoms with Gasteiger partial charge < -0.3 is 20.3 Å². The topological polar surface area (TPSA) is 48.9 Å². The van der Waals surface area contributed by atoms with E-state index in [0.717, 1.165) is 44.5 Å². The van der Waals surface area contributed by atoms with E-state index in [1.54, 1.807) is 7.11 Å². The number of nitrogens with one attached hydrogen (secondary N) is 2. The molecule has 1 aliphatic carbocycles. The molecule has 2 N–H and O–H groups in total. The minimum absolute atomic E-state index is 0. The highest BCUT2D eigenvalue weighted by atomic mass is 127. The molecule has 0 spiro atoms. The number of guanidine groups is 1. The fraction of sp³-hybridized carbons (Fsp3) is 0.947. The molecule has 148 valence electrons. The molecule has 2 fully saturated rings. The number of halogens is 1. The molecule has 6 heteroatoms. The van der Waals surface area contributed by atoms with Gasteiger partial charge in [-0.25, -0.2) is 0 Å². The van der Waals surface area contributed by atoms with Gasteiger partial charge in [-0.3, -0.25) is 4.99 Å². The van der Waals surface area contributed by atoms with E-state index in [4.69, 9.17) is 9.73 Å². The Labute approximate surface area is 171 Å². The predicted molar refractivity (Wildman–Crippen MR) is 117 cm³/mol. The van der Waals surface area contributed by atoms with Crippen LogP contribution in [0.4, 0.5) is 0 Å². The molecule has 2 rings (SSSR count). The molecule has 1 heterocycles. The zero-order valence-corrected chi connectivity index (χ0v) is 18.8. The van der Waals surface area contributed by atoms with Crippen molar-refractivity contribution < 1.29 is 4.74 Å². The predicted octanol–water partition coefficient (Wildman–Crippen LogP) is 3.10. The summed E-state index contributed by atoms with van der Waals surface area (Å²) >= 11 is 0. The first-order chi connectivity index (χ1) is 11.7. The molecule has 0 radical (unpaired) electrons. The molecule has 5 nitrogen and oxygen atoms in total. The van der Waals surface area contributed by atoms with Crippen LogP contribution in [0.2, 0.25) is 0 Å². The van der Waals surface area contributed by atoms with Crippen LogP contribution in [0.3, 0.4) is 0 Å². The Hall–Kier alpha value is -0.0800. The molecule has 0 aromatic rings. The van der Waals surface area contributed by atoms with Gasteiger partial charge in [0, 0.05) is 39.9 Å². The third kappa shape index (κ3) is 7.59. The summed E-state index contributed by atoms with van der Waals surface area (Å²) in [6, 6.07) is 0. The third-order valence-electron chi connectivity index (χ3n) is 5.78. The van der Waals surface area contributed by atoms with Crippen LogP contribution in [0.5, 0.6) is 0 Å². The summed E-state index contributed by atoms with van der Waals surface area (Å²) in [5.41, 5.74) is 0.391. The zero-order chi connectivity index (χ0) is 17.3. The Balaban J connectivity index is 0.00000312. The van der Waals surface area contributed by atoms with Crippen molar-refractivity contribution in [2.45, 2.75) is 52.4 Å². The number of methoxy groups -OCH3 is 1. The van der Waals surface area contributed by atoms with Crippen molar-refractivity contribution in [1.82, 2.24) is 15.5 Å². The quantitative estimate of drug-likeness (QED) is 0.312. The molecule has 25 heavy (non-hydrogen) atoms. The molecule has 1 unspecified atom stereocenters. The van der Waals surface area contributed by atoms with Crippen LogP contribution in [0.15, 0.2) is 4.99 Å². The van der Waals surface area contributed by atoms with Crippen LogP contribution < -0.4 is 10.6 Å². The highest BCUT2D eigenvalue weighted by molar-refractivity contribution is 14.0. The Morgan fingerprint density at radius 3 is 2.64 bits per heavy atom. The molecular weight excluding hydrogens is 427 g/mol.